The van der Waals surface area contributed by atoms with Gasteiger partial charge in [-0.2, -0.15) is 0 Å². The number of hydrogen-bond acceptors (Lipinski definition) is 4. The second-order valence-corrected chi connectivity index (χ2v) is 6.31. The maximum atomic E-state index is 13.2. The van der Waals surface area contributed by atoms with Gasteiger partial charge in [-0.3, -0.25) is 14.9 Å². The molecule has 1 amide bonds. The average molecular weight is 388 g/mol. The van der Waals surface area contributed by atoms with Gasteiger partial charge in [0.2, 0.25) is 12.5 Å². The fourth-order valence-electron chi connectivity index (χ4n) is 2.80. The zero-order valence-corrected chi connectivity index (χ0v) is 15.4. The van der Waals surface area contributed by atoms with Crippen molar-refractivity contribution >= 4 is 17.6 Å². The van der Waals surface area contributed by atoms with E-state index in [-0.39, 0.29) is 37.4 Å². The molecule has 2 aromatic carbocycles. The first-order chi connectivity index (χ1) is 13.3. The predicted molar refractivity (Wildman–Crippen MR) is 101 cm³/mol. The molecule has 0 bridgehead atoms. The number of nitro groups is 1. The van der Waals surface area contributed by atoms with Crippen LogP contribution in [0.2, 0.25) is 0 Å². The van der Waals surface area contributed by atoms with Crippen LogP contribution in [0.5, 0.6) is 0 Å². The average Bonchev–Trinajstić information content (AvgIpc) is 2.66. The van der Waals surface area contributed by atoms with Crippen molar-refractivity contribution in [2.75, 3.05) is 11.4 Å². The molecule has 0 atom stereocenters. The van der Waals surface area contributed by atoms with Gasteiger partial charge in [0.15, 0.2) is 0 Å². The highest BCUT2D eigenvalue weighted by Crippen LogP contribution is 2.26. The molecule has 0 saturated heterocycles. The summed E-state index contributed by atoms with van der Waals surface area (Å²) in [4.78, 5) is 35.9. The van der Waals surface area contributed by atoms with Gasteiger partial charge in [0.1, 0.15) is 5.82 Å². The van der Waals surface area contributed by atoms with E-state index < -0.39 is 16.7 Å². The lowest BCUT2D eigenvalue weighted by molar-refractivity contribution is -0.479. The summed E-state index contributed by atoms with van der Waals surface area (Å²) in [6.45, 7) is 1.61. The molecule has 0 fully saturated rings. The van der Waals surface area contributed by atoms with Crippen LogP contribution < -0.4 is 4.90 Å². The van der Waals surface area contributed by atoms with Crippen LogP contribution in [0.25, 0.3) is 0 Å². The van der Waals surface area contributed by atoms with Crippen molar-refractivity contribution in [1.82, 2.24) is 0 Å². The first-order valence-electron chi connectivity index (χ1n) is 8.84. The van der Waals surface area contributed by atoms with Crippen LogP contribution in [-0.4, -0.2) is 28.5 Å². The van der Waals surface area contributed by atoms with Crippen LogP contribution in [0.4, 0.5) is 10.1 Å². The Hall–Kier alpha value is -3.29. The van der Waals surface area contributed by atoms with Gasteiger partial charge in [-0.25, -0.2) is 9.18 Å². The van der Waals surface area contributed by atoms with Crippen molar-refractivity contribution in [3.8, 4) is 0 Å². The molecular formula is C20H21FN2O5. The van der Waals surface area contributed by atoms with E-state index in [1.54, 1.807) is 12.1 Å². The van der Waals surface area contributed by atoms with Crippen LogP contribution >= 0.6 is 0 Å². The largest absolute Gasteiger partial charge is 0.478 e. The number of hydrogen-bond donors (Lipinski definition) is 1. The van der Waals surface area contributed by atoms with Gasteiger partial charge in [-0.1, -0.05) is 25.1 Å². The van der Waals surface area contributed by atoms with Crippen molar-refractivity contribution in [3.05, 3.63) is 75.1 Å². The van der Waals surface area contributed by atoms with Gasteiger partial charge < -0.3 is 10.0 Å². The molecule has 0 saturated carbocycles. The third kappa shape index (κ3) is 5.60. The molecule has 0 radical (unpaired) electrons. The molecule has 0 aliphatic heterocycles. The number of carboxylic acids is 1. The molecule has 28 heavy (non-hydrogen) atoms. The van der Waals surface area contributed by atoms with Gasteiger partial charge in [0.25, 0.3) is 0 Å². The molecule has 148 valence electrons. The molecular weight excluding hydrogens is 367 g/mol. The van der Waals surface area contributed by atoms with Crippen LogP contribution in [0.15, 0.2) is 42.5 Å². The number of rotatable bonds is 9. The van der Waals surface area contributed by atoms with E-state index in [4.69, 9.17) is 0 Å². The highest BCUT2D eigenvalue weighted by molar-refractivity contribution is 5.96. The Morgan fingerprint density at radius 1 is 1.18 bits per heavy atom. The Labute approximate surface area is 161 Å². The summed E-state index contributed by atoms with van der Waals surface area (Å²) in [5, 5.41) is 20.1. The fourth-order valence-corrected chi connectivity index (χ4v) is 2.80. The quantitative estimate of drug-likeness (QED) is 0.522. The fraction of sp³-hybridized carbons (Fsp3) is 0.300. The summed E-state index contributed by atoms with van der Waals surface area (Å²) in [6.07, 6.45) is 0.871. The van der Waals surface area contributed by atoms with Crippen LogP contribution in [0.3, 0.4) is 0 Å². The molecule has 0 spiro atoms. The van der Waals surface area contributed by atoms with E-state index >= 15 is 0 Å². The van der Waals surface area contributed by atoms with Gasteiger partial charge in [0, 0.05) is 23.5 Å². The van der Waals surface area contributed by atoms with E-state index in [0.29, 0.717) is 23.2 Å². The maximum absolute atomic E-state index is 13.2. The minimum absolute atomic E-state index is 0.0201. The van der Waals surface area contributed by atoms with E-state index in [0.717, 1.165) is 0 Å². The Balaban J connectivity index is 2.49. The molecule has 2 aromatic rings. The van der Waals surface area contributed by atoms with E-state index in [1.165, 1.54) is 35.2 Å². The van der Waals surface area contributed by atoms with Gasteiger partial charge in [-0.05, 0) is 41.8 Å². The summed E-state index contributed by atoms with van der Waals surface area (Å²) in [5.41, 5.74) is 1.47. The SMILES string of the molecule is CCCC(=O)N(Cc1ccc(F)cc1)c1cc(C(=O)O)ccc1CC[N+](=O)[O-]. The molecule has 8 heteroatoms. The standard InChI is InChI=1S/C20H21FN2O5/c1-2-3-19(24)22(13-14-4-8-17(21)9-5-14)18-12-16(20(25)26)7-6-15(18)10-11-23(27)28/h4-9,12H,2-3,10-11,13H2,1H3,(H,25,26). The smallest absolute Gasteiger partial charge is 0.335 e. The number of aromatic carboxylic acids is 1. The second kappa shape index (κ2) is 9.59. The Morgan fingerprint density at radius 3 is 2.43 bits per heavy atom. The van der Waals surface area contributed by atoms with Crippen molar-refractivity contribution < 1.29 is 24.0 Å². The predicted octanol–water partition coefficient (Wildman–Crippen LogP) is 3.68. The molecule has 1 N–H and O–H groups in total. The summed E-state index contributed by atoms with van der Waals surface area (Å²) < 4.78 is 13.2. The maximum Gasteiger partial charge on any atom is 0.335 e. The van der Waals surface area contributed by atoms with Crippen LogP contribution in [-0.2, 0) is 17.8 Å². The lowest BCUT2D eigenvalue weighted by atomic mass is 10.0. The summed E-state index contributed by atoms with van der Waals surface area (Å²) in [6, 6.07) is 9.85. The topological polar surface area (TPSA) is 101 Å². The molecule has 0 aromatic heterocycles. The number of carboxylic acid groups (broad SMARTS) is 1. The third-order valence-electron chi connectivity index (χ3n) is 4.21. The van der Waals surface area contributed by atoms with Crippen molar-refractivity contribution in [2.24, 2.45) is 0 Å². The van der Waals surface area contributed by atoms with E-state index in [9.17, 15) is 29.2 Å². The monoisotopic (exact) mass is 388 g/mol. The Morgan fingerprint density at radius 2 is 1.86 bits per heavy atom. The molecule has 7 nitrogen and oxygen atoms in total. The lowest BCUT2D eigenvalue weighted by Crippen LogP contribution is -2.31. The van der Waals surface area contributed by atoms with Gasteiger partial charge in [-0.15, -0.1) is 0 Å². The Bertz CT molecular complexity index is 867. The highest BCUT2D eigenvalue weighted by atomic mass is 19.1. The molecule has 0 heterocycles. The second-order valence-electron chi connectivity index (χ2n) is 6.31. The Kier molecular flexibility index (Phi) is 7.20. The minimum atomic E-state index is -1.16. The molecule has 0 aliphatic rings. The number of halogens is 1. The first kappa shape index (κ1) is 21.0. The number of carbonyl (C=O) groups excluding carboxylic acids is 1. The highest BCUT2D eigenvalue weighted by Gasteiger charge is 2.21. The zero-order chi connectivity index (χ0) is 20.7. The summed E-state index contributed by atoms with van der Waals surface area (Å²) in [7, 11) is 0. The lowest BCUT2D eigenvalue weighted by Gasteiger charge is -2.26. The molecule has 2 rings (SSSR count). The van der Waals surface area contributed by atoms with E-state index in [2.05, 4.69) is 0 Å². The number of benzene rings is 2. The van der Waals surface area contributed by atoms with Crippen molar-refractivity contribution in [1.29, 1.82) is 0 Å². The van der Waals surface area contributed by atoms with E-state index in [1.807, 2.05) is 6.92 Å². The van der Waals surface area contributed by atoms with Crippen LogP contribution in [0, 0.1) is 15.9 Å². The number of carbonyl (C=O) groups is 2. The first-order valence-corrected chi connectivity index (χ1v) is 8.84. The van der Waals surface area contributed by atoms with Gasteiger partial charge in [0.05, 0.1) is 12.1 Å². The number of amides is 1. The molecule has 0 aliphatic carbocycles. The number of anilines is 1. The zero-order valence-electron chi connectivity index (χ0n) is 15.4. The van der Waals surface area contributed by atoms with Crippen LogP contribution in [0.1, 0.15) is 41.3 Å². The van der Waals surface area contributed by atoms with Gasteiger partial charge >= 0.3 is 5.97 Å². The van der Waals surface area contributed by atoms with Crippen molar-refractivity contribution in [2.45, 2.75) is 32.7 Å². The number of nitrogens with zero attached hydrogens (tertiary/aromatic N) is 2. The minimum Gasteiger partial charge on any atom is -0.478 e. The normalized spacial score (nSPS) is 10.5. The summed E-state index contributed by atoms with van der Waals surface area (Å²) >= 11 is 0. The third-order valence-corrected chi connectivity index (χ3v) is 4.21. The summed E-state index contributed by atoms with van der Waals surface area (Å²) in [5.74, 6) is -1.81. The molecule has 0 unspecified atom stereocenters. The van der Waals surface area contributed by atoms with Crippen molar-refractivity contribution in [3.63, 3.8) is 0 Å².